The molecule has 0 aliphatic carbocycles. The standard InChI is InChI=1S/C13H13Cl2N3O2/c1-19-10-6-11(20-2)18-13(17-10)12(15)8-4-3-7(14)5-9(8)16/h3-6,12H,16H2,1-2H3. The molecule has 0 amide bonds. The van der Waals surface area contributed by atoms with Crippen LogP contribution in [0, 0.1) is 0 Å². The molecule has 7 heteroatoms. The summed E-state index contributed by atoms with van der Waals surface area (Å²) in [5, 5.41) is -0.0875. The van der Waals surface area contributed by atoms with Gasteiger partial charge in [0.25, 0.3) is 0 Å². The second kappa shape index (κ2) is 6.15. The number of anilines is 1. The molecular weight excluding hydrogens is 301 g/mol. The SMILES string of the molecule is COc1cc(OC)nc(C(Cl)c2ccc(Cl)cc2N)n1. The Morgan fingerprint density at radius 3 is 2.20 bits per heavy atom. The topological polar surface area (TPSA) is 70.3 Å². The first-order valence-electron chi connectivity index (χ1n) is 5.71. The summed E-state index contributed by atoms with van der Waals surface area (Å²) >= 11 is 12.3. The zero-order valence-corrected chi connectivity index (χ0v) is 12.4. The van der Waals surface area contributed by atoms with E-state index in [1.807, 2.05) is 0 Å². The fourth-order valence-electron chi connectivity index (χ4n) is 1.66. The van der Waals surface area contributed by atoms with Crippen LogP contribution in [-0.2, 0) is 0 Å². The Labute approximate surface area is 126 Å². The van der Waals surface area contributed by atoms with E-state index in [0.717, 1.165) is 0 Å². The Hall–Kier alpha value is -1.72. The van der Waals surface area contributed by atoms with Crippen LogP contribution in [0.15, 0.2) is 24.3 Å². The third-order valence-corrected chi connectivity index (χ3v) is 3.33. The summed E-state index contributed by atoms with van der Waals surface area (Å²) in [5.41, 5.74) is 7.06. The number of nitrogen functional groups attached to an aromatic ring is 1. The number of aromatic nitrogens is 2. The van der Waals surface area contributed by atoms with E-state index in [2.05, 4.69) is 9.97 Å². The van der Waals surface area contributed by atoms with Crippen molar-refractivity contribution in [1.82, 2.24) is 9.97 Å². The van der Waals surface area contributed by atoms with Crippen molar-refractivity contribution in [3.05, 3.63) is 40.7 Å². The molecule has 0 bridgehead atoms. The number of halogens is 2. The number of rotatable bonds is 4. The minimum atomic E-state index is -0.628. The van der Waals surface area contributed by atoms with Gasteiger partial charge in [-0.05, 0) is 12.1 Å². The van der Waals surface area contributed by atoms with Gasteiger partial charge in [-0.25, -0.2) is 0 Å². The van der Waals surface area contributed by atoms with Gasteiger partial charge in [-0.2, -0.15) is 9.97 Å². The lowest BCUT2D eigenvalue weighted by atomic mass is 10.1. The van der Waals surface area contributed by atoms with Crippen LogP contribution >= 0.6 is 23.2 Å². The Kier molecular flexibility index (Phi) is 4.52. The monoisotopic (exact) mass is 313 g/mol. The van der Waals surface area contributed by atoms with E-state index in [1.54, 1.807) is 24.3 Å². The zero-order valence-electron chi connectivity index (χ0n) is 10.9. The van der Waals surface area contributed by atoms with Gasteiger partial charge in [0.15, 0.2) is 5.82 Å². The van der Waals surface area contributed by atoms with E-state index < -0.39 is 5.38 Å². The summed E-state index contributed by atoms with van der Waals surface area (Å²) in [6.07, 6.45) is 0. The molecule has 0 aliphatic rings. The Morgan fingerprint density at radius 1 is 1.10 bits per heavy atom. The highest BCUT2D eigenvalue weighted by atomic mass is 35.5. The Morgan fingerprint density at radius 2 is 1.70 bits per heavy atom. The fourth-order valence-corrected chi connectivity index (χ4v) is 2.14. The first kappa shape index (κ1) is 14.7. The van der Waals surface area contributed by atoms with Crippen LogP contribution in [0.4, 0.5) is 5.69 Å². The summed E-state index contributed by atoms with van der Waals surface area (Å²) in [5.74, 6) is 1.08. The summed E-state index contributed by atoms with van der Waals surface area (Å²) in [6, 6.07) is 6.65. The van der Waals surface area contributed by atoms with Crippen molar-refractivity contribution < 1.29 is 9.47 Å². The molecule has 5 nitrogen and oxygen atoms in total. The van der Waals surface area contributed by atoms with E-state index in [9.17, 15) is 0 Å². The molecule has 20 heavy (non-hydrogen) atoms. The number of nitrogens with zero attached hydrogens (tertiary/aromatic N) is 2. The van der Waals surface area contributed by atoms with Gasteiger partial charge in [-0.1, -0.05) is 17.7 Å². The van der Waals surface area contributed by atoms with E-state index in [-0.39, 0.29) is 0 Å². The van der Waals surface area contributed by atoms with Crippen LogP contribution < -0.4 is 15.2 Å². The smallest absolute Gasteiger partial charge is 0.220 e. The normalized spacial score (nSPS) is 12.0. The molecule has 2 aromatic rings. The van der Waals surface area contributed by atoms with Gasteiger partial charge in [0, 0.05) is 16.3 Å². The molecule has 2 rings (SSSR count). The highest BCUT2D eigenvalue weighted by molar-refractivity contribution is 6.31. The van der Waals surface area contributed by atoms with Crippen molar-refractivity contribution in [1.29, 1.82) is 0 Å². The van der Waals surface area contributed by atoms with Gasteiger partial charge < -0.3 is 15.2 Å². The summed E-state index contributed by atoms with van der Waals surface area (Å²) in [7, 11) is 3.01. The summed E-state index contributed by atoms with van der Waals surface area (Å²) < 4.78 is 10.2. The second-order valence-corrected chi connectivity index (χ2v) is 4.82. The minimum Gasteiger partial charge on any atom is -0.481 e. The van der Waals surface area contributed by atoms with Gasteiger partial charge in [0.1, 0.15) is 5.38 Å². The maximum absolute atomic E-state index is 6.39. The van der Waals surface area contributed by atoms with Gasteiger partial charge in [0.2, 0.25) is 11.8 Å². The molecule has 106 valence electrons. The van der Waals surface area contributed by atoms with Crippen molar-refractivity contribution in [2.45, 2.75) is 5.38 Å². The van der Waals surface area contributed by atoms with Crippen LogP contribution in [0.5, 0.6) is 11.8 Å². The molecule has 1 heterocycles. The molecule has 0 saturated carbocycles. The lowest BCUT2D eigenvalue weighted by Gasteiger charge is -2.13. The fraction of sp³-hybridized carbons (Fsp3) is 0.231. The van der Waals surface area contributed by atoms with Crippen molar-refractivity contribution >= 4 is 28.9 Å². The first-order chi connectivity index (χ1) is 9.55. The number of benzene rings is 1. The minimum absolute atomic E-state index is 0.344. The number of alkyl halides is 1. The number of hydrogen-bond donors (Lipinski definition) is 1. The average molecular weight is 314 g/mol. The van der Waals surface area contributed by atoms with Crippen molar-refractivity contribution in [3.63, 3.8) is 0 Å². The molecule has 2 N–H and O–H groups in total. The predicted molar refractivity (Wildman–Crippen MR) is 78.7 cm³/mol. The largest absolute Gasteiger partial charge is 0.481 e. The van der Waals surface area contributed by atoms with Gasteiger partial charge >= 0.3 is 0 Å². The number of methoxy groups -OCH3 is 2. The van der Waals surface area contributed by atoms with E-state index in [1.165, 1.54) is 14.2 Å². The molecule has 1 aromatic carbocycles. The molecule has 0 radical (unpaired) electrons. The third-order valence-electron chi connectivity index (χ3n) is 2.66. The lowest BCUT2D eigenvalue weighted by Crippen LogP contribution is -2.06. The quantitative estimate of drug-likeness (QED) is 0.694. The molecule has 1 aromatic heterocycles. The second-order valence-electron chi connectivity index (χ2n) is 3.95. The number of ether oxygens (including phenoxy) is 2. The molecule has 0 fully saturated rings. The summed E-state index contributed by atoms with van der Waals surface area (Å²) in [6.45, 7) is 0. The first-order valence-corrected chi connectivity index (χ1v) is 6.52. The molecule has 1 atom stereocenters. The number of hydrogen-bond acceptors (Lipinski definition) is 5. The molecule has 0 saturated heterocycles. The van der Waals surface area contributed by atoms with E-state index in [0.29, 0.717) is 33.9 Å². The highest BCUT2D eigenvalue weighted by Gasteiger charge is 2.19. The van der Waals surface area contributed by atoms with E-state index in [4.69, 9.17) is 38.4 Å². The molecular formula is C13H13Cl2N3O2. The number of nitrogens with two attached hydrogens (primary N) is 1. The van der Waals surface area contributed by atoms with Crippen molar-refractivity contribution in [2.75, 3.05) is 20.0 Å². The molecule has 0 aliphatic heterocycles. The van der Waals surface area contributed by atoms with Crippen LogP contribution in [0.1, 0.15) is 16.8 Å². The Balaban J connectivity index is 2.44. The maximum Gasteiger partial charge on any atom is 0.220 e. The van der Waals surface area contributed by atoms with Gasteiger partial charge in [0.05, 0.1) is 20.3 Å². The zero-order chi connectivity index (χ0) is 14.7. The Bertz CT molecular complexity index is 600. The third kappa shape index (κ3) is 3.05. The predicted octanol–water partition coefficient (Wildman–Crippen LogP) is 3.06. The van der Waals surface area contributed by atoms with Gasteiger partial charge in [-0.3, -0.25) is 0 Å². The molecule has 0 spiro atoms. The van der Waals surface area contributed by atoms with Crippen LogP contribution in [0.25, 0.3) is 0 Å². The van der Waals surface area contributed by atoms with E-state index >= 15 is 0 Å². The van der Waals surface area contributed by atoms with Gasteiger partial charge in [-0.15, -0.1) is 11.6 Å². The average Bonchev–Trinajstić information content (AvgIpc) is 2.46. The maximum atomic E-state index is 6.39. The highest BCUT2D eigenvalue weighted by Crippen LogP contribution is 2.33. The van der Waals surface area contributed by atoms with Crippen LogP contribution in [0.3, 0.4) is 0 Å². The van der Waals surface area contributed by atoms with Crippen molar-refractivity contribution in [2.24, 2.45) is 0 Å². The van der Waals surface area contributed by atoms with Crippen LogP contribution in [0.2, 0.25) is 5.02 Å². The lowest BCUT2D eigenvalue weighted by molar-refractivity contribution is 0.368. The van der Waals surface area contributed by atoms with Crippen LogP contribution in [-0.4, -0.2) is 24.2 Å². The molecule has 1 unspecified atom stereocenters. The van der Waals surface area contributed by atoms with Crippen molar-refractivity contribution in [3.8, 4) is 11.8 Å². The summed E-state index contributed by atoms with van der Waals surface area (Å²) in [4.78, 5) is 8.41.